The number of hydrogen-bond donors (Lipinski definition) is 0. The van der Waals surface area contributed by atoms with Gasteiger partial charge in [0, 0.05) is 18.1 Å². The van der Waals surface area contributed by atoms with E-state index >= 15 is 0 Å². The van der Waals surface area contributed by atoms with Crippen LogP contribution in [0.25, 0.3) is 11.0 Å². The summed E-state index contributed by atoms with van der Waals surface area (Å²) in [6, 6.07) is 11.6. The fraction of sp³-hybridized carbons (Fsp3) is 0.458. The Morgan fingerprint density at radius 2 is 1.71 bits per heavy atom. The van der Waals surface area contributed by atoms with Crippen LogP contribution in [0.4, 0.5) is 5.82 Å². The third-order valence-corrected chi connectivity index (χ3v) is 5.60. The summed E-state index contributed by atoms with van der Waals surface area (Å²) in [6.45, 7) is 8.06. The molecular weight excluding hydrogens is 412 g/mol. The Morgan fingerprint density at radius 3 is 2.35 bits per heavy atom. The smallest absolute Gasteiger partial charge is 0.360 e. The van der Waals surface area contributed by atoms with Gasteiger partial charge in [-0.1, -0.05) is 36.6 Å². The highest BCUT2D eigenvalue weighted by Gasteiger charge is 2.25. The van der Waals surface area contributed by atoms with E-state index in [0.29, 0.717) is 28.3 Å². The number of carbonyl (C=O) groups excluding carboxylic acids is 1. The number of aromatic nitrogens is 3. The van der Waals surface area contributed by atoms with Gasteiger partial charge in [0.2, 0.25) is 0 Å². The first-order valence-electron chi connectivity index (χ1n) is 10.9. The molecule has 3 aromatic rings. The van der Waals surface area contributed by atoms with Crippen LogP contribution >= 0.6 is 11.6 Å². The van der Waals surface area contributed by atoms with E-state index < -0.39 is 11.6 Å². The molecule has 1 saturated heterocycles. The van der Waals surface area contributed by atoms with Crippen molar-refractivity contribution in [2.24, 2.45) is 0 Å². The molecule has 7 heteroatoms. The second-order valence-corrected chi connectivity index (χ2v) is 9.51. The SMILES string of the molecule is CC(C)(C)OC(=O)c1nn(Cc2ccc(Cl)cc2)c2nc(N3CCCCCC3)ccc12. The van der Waals surface area contributed by atoms with Crippen LogP contribution in [0.3, 0.4) is 0 Å². The largest absolute Gasteiger partial charge is 0.455 e. The zero-order valence-corrected chi connectivity index (χ0v) is 19.2. The number of hydrogen-bond acceptors (Lipinski definition) is 5. The van der Waals surface area contributed by atoms with Gasteiger partial charge in [0.05, 0.1) is 11.9 Å². The van der Waals surface area contributed by atoms with Gasteiger partial charge in [-0.05, 0) is 63.4 Å². The molecule has 0 saturated carbocycles. The minimum absolute atomic E-state index is 0.300. The molecule has 0 bridgehead atoms. The van der Waals surface area contributed by atoms with E-state index in [1.807, 2.05) is 57.2 Å². The maximum absolute atomic E-state index is 12.9. The molecule has 0 atom stereocenters. The van der Waals surface area contributed by atoms with E-state index in [4.69, 9.17) is 21.3 Å². The summed E-state index contributed by atoms with van der Waals surface area (Å²) in [6.07, 6.45) is 4.87. The fourth-order valence-electron chi connectivity index (χ4n) is 3.87. The molecule has 31 heavy (non-hydrogen) atoms. The summed E-state index contributed by atoms with van der Waals surface area (Å²) in [4.78, 5) is 20.1. The first-order chi connectivity index (χ1) is 14.8. The number of fused-ring (bicyclic) bond motifs is 1. The molecule has 0 aliphatic carbocycles. The van der Waals surface area contributed by atoms with Gasteiger partial charge < -0.3 is 9.64 Å². The highest BCUT2D eigenvalue weighted by atomic mass is 35.5. The molecule has 4 rings (SSSR count). The predicted molar refractivity (Wildman–Crippen MR) is 124 cm³/mol. The van der Waals surface area contributed by atoms with E-state index in [1.165, 1.54) is 25.7 Å². The Balaban J connectivity index is 1.75. The number of nitrogens with zero attached hydrogens (tertiary/aromatic N) is 4. The monoisotopic (exact) mass is 440 g/mol. The fourth-order valence-corrected chi connectivity index (χ4v) is 3.99. The first kappa shape index (κ1) is 21.6. The van der Waals surface area contributed by atoms with Crippen LogP contribution in [0.1, 0.15) is 62.5 Å². The number of rotatable bonds is 4. The summed E-state index contributed by atoms with van der Waals surface area (Å²) >= 11 is 6.04. The van der Waals surface area contributed by atoms with Crippen molar-refractivity contribution < 1.29 is 9.53 Å². The molecule has 0 N–H and O–H groups in total. The lowest BCUT2D eigenvalue weighted by Crippen LogP contribution is -2.25. The van der Waals surface area contributed by atoms with Crippen molar-refractivity contribution in [2.75, 3.05) is 18.0 Å². The van der Waals surface area contributed by atoms with Crippen molar-refractivity contribution in [3.63, 3.8) is 0 Å². The first-order valence-corrected chi connectivity index (χ1v) is 11.3. The molecule has 1 aliphatic rings. The Hall–Kier alpha value is -2.60. The third-order valence-electron chi connectivity index (χ3n) is 5.35. The molecule has 0 amide bonds. The minimum atomic E-state index is -0.594. The highest BCUT2D eigenvalue weighted by molar-refractivity contribution is 6.30. The maximum atomic E-state index is 12.9. The Kier molecular flexibility index (Phi) is 6.19. The van der Waals surface area contributed by atoms with E-state index in [2.05, 4.69) is 10.00 Å². The normalized spacial score (nSPS) is 15.2. The van der Waals surface area contributed by atoms with E-state index in [9.17, 15) is 4.79 Å². The van der Waals surface area contributed by atoms with Crippen molar-refractivity contribution >= 4 is 34.4 Å². The molecule has 2 aromatic heterocycles. The van der Waals surface area contributed by atoms with Gasteiger partial charge in [-0.3, -0.25) is 0 Å². The van der Waals surface area contributed by atoms with Crippen molar-refractivity contribution in [3.8, 4) is 0 Å². The summed E-state index contributed by atoms with van der Waals surface area (Å²) in [5.74, 6) is 0.499. The zero-order valence-electron chi connectivity index (χ0n) is 18.4. The summed E-state index contributed by atoms with van der Waals surface area (Å²) in [5, 5.41) is 6.02. The van der Waals surface area contributed by atoms with Gasteiger partial charge in [-0.15, -0.1) is 0 Å². The van der Waals surface area contributed by atoms with Gasteiger partial charge in [-0.2, -0.15) is 5.10 Å². The van der Waals surface area contributed by atoms with Crippen LogP contribution in [0.2, 0.25) is 5.02 Å². The second kappa shape index (κ2) is 8.87. The third kappa shape index (κ3) is 5.18. The van der Waals surface area contributed by atoms with Crippen LogP contribution in [0, 0.1) is 0 Å². The van der Waals surface area contributed by atoms with Crippen LogP contribution in [-0.2, 0) is 11.3 Å². The summed E-state index contributed by atoms with van der Waals surface area (Å²) in [5.41, 5.74) is 1.43. The maximum Gasteiger partial charge on any atom is 0.360 e. The summed E-state index contributed by atoms with van der Waals surface area (Å²) < 4.78 is 7.39. The van der Waals surface area contributed by atoms with Crippen LogP contribution in [0.15, 0.2) is 36.4 Å². The van der Waals surface area contributed by atoms with Gasteiger partial charge in [0.25, 0.3) is 0 Å². The molecule has 0 unspecified atom stereocenters. The number of esters is 1. The molecule has 1 aromatic carbocycles. The van der Waals surface area contributed by atoms with Gasteiger partial charge in [0.1, 0.15) is 11.4 Å². The summed E-state index contributed by atoms with van der Waals surface area (Å²) in [7, 11) is 0. The lowest BCUT2D eigenvalue weighted by atomic mass is 10.2. The van der Waals surface area contributed by atoms with Gasteiger partial charge in [-0.25, -0.2) is 14.5 Å². The van der Waals surface area contributed by atoms with Crippen LogP contribution in [-0.4, -0.2) is 39.4 Å². The molecule has 6 nitrogen and oxygen atoms in total. The number of ether oxygens (including phenoxy) is 1. The molecule has 1 aliphatic heterocycles. The van der Waals surface area contributed by atoms with E-state index in [1.54, 1.807) is 4.68 Å². The molecule has 3 heterocycles. The lowest BCUT2D eigenvalue weighted by molar-refractivity contribution is 0.00641. The van der Waals surface area contributed by atoms with Crippen LogP contribution in [0.5, 0.6) is 0 Å². The number of carbonyl (C=O) groups is 1. The minimum Gasteiger partial charge on any atom is -0.455 e. The topological polar surface area (TPSA) is 60.2 Å². The quantitative estimate of drug-likeness (QED) is 0.503. The average molecular weight is 441 g/mol. The number of pyridine rings is 1. The van der Waals surface area contributed by atoms with Gasteiger partial charge >= 0.3 is 5.97 Å². The molecule has 0 radical (unpaired) electrons. The average Bonchev–Trinajstić information content (AvgIpc) is 2.88. The zero-order chi connectivity index (χ0) is 22.0. The highest BCUT2D eigenvalue weighted by Crippen LogP contribution is 2.26. The standard InChI is InChI=1S/C24H29ClN4O2/c1-24(2,3)31-23(30)21-19-12-13-20(28-14-6-4-5-7-15-28)26-22(19)29(27-21)16-17-8-10-18(25)11-9-17/h8-13H,4-7,14-16H2,1-3H3. The molecular formula is C24H29ClN4O2. The van der Waals surface area contributed by atoms with Crippen LogP contribution < -0.4 is 4.90 Å². The Morgan fingerprint density at radius 1 is 1.03 bits per heavy atom. The van der Waals surface area contributed by atoms with Crippen molar-refractivity contribution in [3.05, 3.63) is 52.7 Å². The van der Waals surface area contributed by atoms with Gasteiger partial charge in [0.15, 0.2) is 11.3 Å². The Bertz CT molecular complexity index is 1060. The number of halogens is 1. The predicted octanol–water partition coefficient (Wildman–Crippen LogP) is 5.47. The van der Waals surface area contributed by atoms with Crippen molar-refractivity contribution in [2.45, 2.75) is 58.6 Å². The lowest BCUT2D eigenvalue weighted by Gasteiger charge is -2.21. The van der Waals surface area contributed by atoms with Crippen molar-refractivity contribution in [1.29, 1.82) is 0 Å². The molecule has 1 fully saturated rings. The van der Waals surface area contributed by atoms with E-state index in [-0.39, 0.29) is 0 Å². The second-order valence-electron chi connectivity index (χ2n) is 9.08. The number of anilines is 1. The molecule has 164 valence electrons. The Labute approximate surface area is 188 Å². The molecule has 0 spiro atoms. The van der Waals surface area contributed by atoms with E-state index in [0.717, 1.165) is 24.5 Å². The van der Waals surface area contributed by atoms with Crippen molar-refractivity contribution in [1.82, 2.24) is 14.8 Å². The number of benzene rings is 1.